The summed E-state index contributed by atoms with van der Waals surface area (Å²) in [6, 6.07) is 15.9. The van der Waals surface area contributed by atoms with Crippen molar-refractivity contribution >= 4 is 18.0 Å². The van der Waals surface area contributed by atoms with E-state index in [2.05, 4.69) is 29.6 Å². The zero-order valence-electron chi connectivity index (χ0n) is 17.4. The van der Waals surface area contributed by atoms with Crippen LogP contribution in [-0.2, 0) is 14.3 Å². The molecule has 31 heavy (non-hydrogen) atoms. The smallest absolute Gasteiger partial charge is 0.407 e. The van der Waals surface area contributed by atoms with Gasteiger partial charge in [-0.15, -0.1) is 0 Å². The van der Waals surface area contributed by atoms with Crippen molar-refractivity contribution in [1.82, 2.24) is 10.2 Å². The second-order valence-corrected chi connectivity index (χ2v) is 8.11. The minimum absolute atomic E-state index is 0.0195. The van der Waals surface area contributed by atoms with Crippen molar-refractivity contribution < 1.29 is 24.2 Å². The molecule has 1 atom stereocenters. The highest BCUT2D eigenvalue weighted by molar-refractivity contribution is 5.82. The molecule has 1 heterocycles. The summed E-state index contributed by atoms with van der Waals surface area (Å²) in [6.07, 6.45) is 0.160. The summed E-state index contributed by atoms with van der Waals surface area (Å²) in [6.45, 7) is 2.57. The second-order valence-electron chi connectivity index (χ2n) is 8.11. The summed E-state index contributed by atoms with van der Waals surface area (Å²) in [5.41, 5.74) is 4.62. The van der Waals surface area contributed by atoms with E-state index in [0.717, 1.165) is 11.1 Å². The molecule has 0 spiro atoms. The molecule has 2 aromatic rings. The van der Waals surface area contributed by atoms with Crippen molar-refractivity contribution in [1.29, 1.82) is 0 Å². The van der Waals surface area contributed by atoms with Gasteiger partial charge in [0.05, 0.1) is 5.92 Å². The van der Waals surface area contributed by atoms with Crippen LogP contribution in [-0.4, -0.2) is 53.7 Å². The fraction of sp³-hybridized carbons (Fsp3) is 0.375. The number of aliphatic carboxylic acids is 1. The average Bonchev–Trinajstić information content (AvgIpc) is 3.04. The van der Waals surface area contributed by atoms with E-state index in [0.29, 0.717) is 6.42 Å². The number of fused-ring (bicyclic) bond motifs is 3. The number of nitrogens with one attached hydrogen (secondary N) is 1. The standard InChI is InChI=1S/C24H26N2O5/c1-2-16(11-22(27)26-12-15(13-26)23(28)29)25-24(30)31-14-21-19-9-5-3-7-17(19)18-8-4-6-10-20(18)21/h3-10,15-16,21H,2,11-14H2,1H3,(H,25,30)(H,28,29)/t16-/m0/s1. The highest BCUT2D eigenvalue weighted by Gasteiger charge is 2.36. The van der Waals surface area contributed by atoms with Crippen molar-refractivity contribution in [2.45, 2.75) is 31.7 Å². The van der Waals surface area contributed by atoms with Gasteiger partial charge in [0.1, 0.15) is 6.61 Å². The molecule has 2 aliphatic rings. The third-order valence-electron chi connectivity index (χ3n) is 6.16. The number of benzene rings is 2. The summed E-state index contributed by atoms with van der Waals surface area (Å²) in [4.78, 5) is 37.2. The van der Waals surface area contributed by atoms with Gasteiger partial charge in [0.25, 0.3) is 0 Å². The number of carboxylic acid groups (broad SMARTS) is 1. The third-order valence-corrected chi connectivity index (χ3v) is 6.16. The molecule has 162 valence electrons. The first-order valence-corrected chi connectivity index (χ1v) is 10.6. The van der Waals surface area contributed by atoms with Crippen molar-refractivity contribution in [2.75, 3.05) is 19.7 Å². The number of alkyl carbamates (subject to hydrolysis) is 1. The van der Waals surface area contributed by atoms with Crippen LogP contribution in [0.25, 0.3) is 11.1 Å². The summed E-state index contributed by atoms with van der Waals surface area (Å²) in [7, 11) is 0. The minimum Gasteiger partial charge on any atom is -0.481 e. The topological polar surface area (TPSA) is 95.9 Å². The van der Waals surface area contributed by atoms with E-state index in [1.807, 2.05) is 31.2 Å². The van der Waals surface area contributed by atoms with Gasteiger partial charge in [-0.1, -0.05) is 55.5 Å². The number of carboxylic acids is 1. The Morgan fingerprint density at radius 3 is 2.19 bits per heavy atom. The minimum atomic E-state index is -0.882. The normalized spacial score (nSPS) is 16.1. The lowest BCUT2D eigenvalue weighted by molar-refractivity contribution is -0.152. The summed E-state index contributed by atoms with van der Waals surface area (Å²) in [5.74, 6) is -1.54. The van der Waals surface area contributed by atoms with E-state index in [1.54, 1.807) is 0 Å². The Morgan fingerprint density at radius 1 is 1.06 bits per heavy atom. The molecular formula is C24H26N2O5. The van der Waals surface area contributed by atoms with Gasteiger partial charge in [0, 0.05) is 31.5 Å². The molecule has 0 aromatic heterocycles. The van der Waals surface area contributed by atoms with Crippen LogP contribution >= 0.6 is 0 Å². The Labute approximate surface area is 181 Å². The van der Waals surface area contributed by atoms with Crippen LogP contribution in [0.2, 0.25) is 0 Å². The van der Waals surface area contributed by atoms with Gasteiger partial charge in [-0.25, -0.2) is 4.79 Å². The number of rotatable bonds is 7. The van der Waals surface area contributed by atoms with E-state index in [4.69, 9.17) is 9.84 Å². The quantitative estimate of drug-likeness (QED) is 0.714. The SMILES string of the molecule is CC[C@@H](CC(=O)N1CC(C(=O)O)C1)NC(=O)OCC1c2ccccc2-c2ccccc21. The van der Waals surface area contributed by atoms with Crippen LogP contribution in [0.1, 0.15) is 36.8 Å². The third kappa shape index (κ3) is 4.26. The van der Waals surface area contributed by atoms with Crippen LogP contribution in [0.5, 0.6) is 0 Å². The summed E-state index contributed by atoms with van der Waals surface area (Å²) in [5, 5.41) is 11.7. The molecule has 1 saturated heterocycles. The Bertz CT molecular complexity index is 953. The van der Waals surface area contributed by atoms with Gasteiger partial charge in [0.15, 0.2) is 0 Å². The molecule has 0 saturated carbocycles. The first kappa shape index (κ1) is 20.9. The molecule has 1 aliphatic carbocycles. The van der Waals surface area contributed by atoms with Crippen molar-refractivity contribution in [3.8, 4) is 11.1 Å². The lowest BCUT2D eigenvalue weighted by atomic mass is 9.98. The zero-order chi connectivity index (χ0) is 22.0. The maximum atomic E-state index is 12.4. The summed E-state index contributed by atoms with van der Waals surface area (Å²) < 4.78 is 5.55. The lowest BCUT2D eigenvalue weighted by Crippen LogP contribution is -2.54. The monoisotopic (exact) mass is 422 g/mol. The van der Waals surface area contributed by atoms with Crippen LogP contribution in [0, 0.1) is 5.92 Å². The van der Waals surface area contributed by atoms with Gasteiger partial charge in [-0.05, 0) is 28.7 Å². The largest absolute Gasteiger partial charge is 0.481 e. The molecule has 4 rings (SSSR count). The van der Waals surface area contributed by atoms with Gasteiger partial charge in [0.2, 0.25) is 5.91 Å². The number of hydrogen-bond acceptors (Lipinski definition) is 4. The number of ether oxygens (including phenoxy) is 1. The number of carbonyl (C=O) groups is 3. The number of carbonyl (C=O) groups excluding carboxylic acids is 2. The number of nitrogens with zero attached hydrogens (tertiary/aromatic N) is 1. The number of amides is 2. The fourth-order valence-corrected chi connectivity index (χ4v) is 4.28. The van der Waals surface area contributed by atoms with Gasteiger partial charge >= 0.3 is 12.1 Å². The predicted octanol–water partition coefficient (Wildman–Crippen LogP) is 3.24. The highest BCUT2D eigenvalue weighted by atomic mass is 16.5. The number of hydrogen-bond donors (Lipinski definition) is 2. The van der Waals surface area contributed by atoms with E-state index >= 15 is 0 Å². The zero-order valence-corrected chi connectivity index (χ0v) is 17.4. The molecule has 2 amide bonds. The van der Waals surface area contributed by atoms with E-state index in [-0.39, 0.29) is 44.0 Å². The van der Waals surface area contributed by atoms with Crippen LogP contribution in [0.15, 0.2) is 48.5 Å². The van der Waals surface area contributed by atoms with Crippen LogP contribution in [0.3, 0.4) is 0 Å². The van der Waals surface area contributed by atoms with E-state index in [9.17, 15) is 14.4 Å². The van der Waals surface area contributed by atoms with E-state index < -0.39 is 18.0 Å². The maximum absolute atomic E-state index is 12.4. The first-order chi connectivity index (χ1) is 15.0. The molecule has 1 aliphatic heterocycles. The lowest BCUT2D eigenvalue weighted by Gasteiger charge is -2.37. The molecular weight excluding hydrogens is 396 g/mol. The molecule has 0 radical (unpaired) electrons. The maximum Gasteiger partial charge on any atom is 0.407 e. The molecule has 0 unspecified atom stereocenters. The molecule has 7 heteroatoms. The highest BCUT2D eigenvalue weighted by Crippen LogP contribution is 2.44. The first-order valence-electron chi connectivity index (χ1n) is 10.6. The Balaban J connectivity index is 1.32. The van der Waals surface area contributed by atoms with Crippen molar-refractivity contribution in [3.63, 3.8) is 0 Å². The van der Waals surface area contributed by atoms with Gasteiger partial charge in [-0.2, -0.15) is 0 Å². The van der Waals surface area contributed by atoms with E-state index in [1.165, 1.54) is 16.0 Å². The fourth-order valence-electron chi connectivity index (χ4n) is 4.28. The van der Waals surface area contributed by atoms with Gasteiger partial charge in [-0.3, -0.25) is 9.59 Å². The predicted molar refractivity (Wildman–Crippen MR) is 115 cm³/mol. The second kappa shape index (κ2) is 8.79. The Kier molecular flexibility index (Phi) is 5.93. The van der Waals surface area contributed by atoms with Crippen molar-refractivity contribution in [2.24, 2.45) is 5.92 Å². The summed E-state index contributed by atoms with van der Waals surface area (Å²) >= 11 is 0. The molecule has 7 nitrogen and oxygen atoms in total. The molecule has 1 fully saturated rings. The average molecular weight is 422 g/mol. The Morgan fingerprint density at radius 2 is 1.65 bits per heavy atom. The van der Waals surface area contributed by atoms with Crippen molar-refractivity contribution in [3.05, 3.63) is 59.7 Å². The molecule has 2 N–H and O–H groups in total. The van der Waals surface area contributed by atoms with Crippen LogP contribution < -0.4 is 5.32 Å². The van der Waals surface area contributed by atoms with Gasteiger partial charge < -0.3 is 20.1 Å². The molecule has 2 aromatic carbocycles. The van der Waals surface area contributed by atoms with Crippen LogP contribution in [0.4, 0.5) is 4.79 Å². The number of likely N-dealkylation sites (tertiary alicyclic amines) is 1. The molecule has 0 bridgehead atoms. The Hall–Kier alpha value is -3.35.